The predicted molar refractivity (Wildman–Crippen MR) is 127 cm³/mol. The van der Waals surface area contributed by atoms with Gasteiger partial charge in [-0.25, -0.2) is 4.90 Å². The number of anilines is 1. The van der Waals surface area contributed by atoms with E-state index in [1.165, 1.54) is 27.2 Å². The van der Waals surface area contributed by atoms with Crippen LogP contribution >= 0.6 is 0 Å². The molecular formula is C29H25NO2. The van der Waals surface area contributed by atoms with Gasteiger partial charge in [-0.15, -0.1) is 0 Å². The molecule has 3 aromatic carbocycles. The van der Waals surface area contributed by atoms with Crippen LogP contribution in [-0.2, 0) is 9.59 Å². The molecule has 4 atom stereocenters. The normalized spacial score (nSPS) is 26.2. The lowest BCUT2D eigenvalue weighted by molar-refractivity contribution is -0.123. The maximum atomic E-state index is 13.7. The molecule has 158 valence electrons. The summed E-state index contributed by atoms with van der Waals surface area (Å²) < 4.78 is 0. The molecule has 2 aliphatic carbocycles. The summed E-state index contributed by atoms with van der Waals surface area (Å²) in [6.07, 6.45) is 0.877. The quantitative estimate of drug-likeness (QED) is 0.513. The third-order valence-corrected chi connectivity index (χ3v) is 7.57. The maximum absolute atomic E-state index is 13.7. The lowest BCUT2D eigenvalue weighted by Gasteiger charge is -2.27. The molecule has 6 rings (SSSR count). The van der Waals surface area contributed by atoms with Gasteiger partial charge in [0.2, 0.25) is 11.8 Å². The topological polar surface area (TPSA) is 37.4 Å². The van der Waals surface area contributed by atoms with Gasteiger partial charge in [0, 0.05) is 0 Å². The van der Waals surface area contributed by atoms with Gasteiger partial charge >= 0.3 is 0 Å². The number of allylic oxidation sites excluding steroid dienone is 2. The molecule has 1 heterocycles. The van der Waals surface area contributed by atoms with E-state index in [4.69, 9.17) is 0 Å². The fourth-order valence-corrected chi connectivity index (χ4v) is 6.39. The van der Waals surface area contributed by atoms with E-state index in [1.807, 2.05) is 44.2 Å². The van der Waals surface area contributed by atoms with Crippen molar-refractivity contribution in [2.24, 2.45) is 23.7 Å². The van der Waals surface area contributed by atoms with Crippen molar-refractivity contribution in [2.75, 3.05) is 4.90 Å². The Hall–Kier alpha value is -3.46. The Morgan fingerprint density at radius 2 is 1.19 bits per heavy atom. The third kappa shape index (κ3) is 2.60. The van der Waals surface area contributed by atoms with E-state index in [9.17, 15) is 9.59 Å². The molecule has 0 radical (unpaired) electrons. The van der Waals surface area contributed by atoms with Gasteiger partial charge in [-0.2, -0.15) is 0 Å². The number of benzene rings is 3. The summed E-state index contributed by atoms with van der Waals surface area (Å²) in [4.78, 5) is 28.9. The first kappa shape index (κ1) is 19.2. The summed E-state index contributed by atoms with van der Waals surface area (Å²) >= 11 is 0. The van der Waals surface area contributed by atoms with E-state index < -0.39 is 0 Å². The Bertz CT molecular complexity index is 1200. The fourth-order valence-electron chi connectivity index (χ4n) is 6.39. The Morgan fingerprint density at radius 1 is 0.688 bits per heavy atom. The first-order valence-electron chi connectivity index (χ1n) is 11.4. The van der Waals surface area contributed by atoms with E-state index in [2.05, 4.69) is 48.5 Å². The zero-order valence-corrected chi connectivity index (χ0v) is 18.3. The zero-order chi connectivity index (χ0) is 22.0. The molecule has 0 spiro atoms. The molecule has 3 aromatic rings. The Morgan fingerprint density at radius 3 is 1.66 bits per heavy atom. The molecule has 1 saturated carbocycles. The molecule has 2 amide bonds. The number of amides is 2. The smallest absolute Gasteiger partial charge is 0.238 e. The molecule has 3 heteroatoms. The highest BCUT2D eigenvalue weighted by atomic mass is 16.2. The minimum atomic E-state index is -0.268. The molecule has 32 heavy (non-hydrogen) atoms. The number of carbonyl (C=O) groups is 2. The Labute approximate surface area is 188 Å². The van der Waals surface area contributed by atoms with E-state index in [-0.39, 0.29) is 35.5 Å². The van der Waals surface area contributed by atoms with E-state index in [1.54, 1.807) is 0 Å². The molecule has 2 fully saturated rings. The number of carbonyl (C=O) groups excluding carboxylic acids is 2. The van der Waals surface area contributed by atoms with Gasteiger partial charge in [-0.05, 0) is 66.0 Å². The van der Waals surface area contributed by atoms with Gasteiger partial charge < -0.3 is 0 Å². The second-order valence-corrected chi connectivity index (χ2v) is 9.36. The minimum absolute atomic E-state index is 0.0278. The number of hydrogen-bond acceptors (Lipinski definition) is 2. The second-order valence-electron chi connectivity index (χ2n) is 9.36. The zero-order valence-electron chi connectivity index (χ0n) is 18.3. The summed E-state index contributed by atoms with van der Waals surface area (Å²) in [6.45, 7) is 4.01. The third-order valence-electron chi connectivity index (χ3n) is 7.57. The van der Waals surface area contributed by atoms with Crippen molar-refractivity contribution in [2.45, 2.75) is 20.3 Å². The average Bonchev–Trinajstić information content (AvgIpc) is 3.45. The number of fused-ring (bicyclic) bond motifs is 5. The SMILES string of the molecule is Cc1ccc(N2C(=O)C3C4CC(C(c5ccccc5)=C4c4ccccc4)C3C2=O)c(C)c1. The van der Waals surface area contributed by atoms with Crippen LogP contribution in [0.15, 0.2) is 78.9 Å². The monoisotopic (exact) mass is 419 g/mol. The lowest BCUT2D eigenvalue weighted by atomic mass is 9.73. The van der Waals surface area contributed by atoms with Gasteiger partial charge in [-0.3, -0.25) is 9.59 Å². The first-order valence-corrected chi connectivity index (χ1v) is 11.4. The van der Waals surface area contributed by atoms with Crippen molar-refractivity contribution < 1.29 is 9.59 Å². The molecule has 1 saturated heterocycles. The van der Waals surface area contributed by atoms with E-state index in [0.717, 1.165) is 23.2 Å². The van der Waals surface area contributed by atoms with Crippen molar-refractivity contribution in [3.05, 3.63) is 101 Å². The van der Waals surface area contributed by atoms with Gasteiger partial charge in [0.05, 0.1) is 17.5 Å². The standard InChI is InChI=1S/C29H25NO2/c1-17-13-14-23(18(2)15-17)30-28(31)26-21-16-22(27(26)29(30)32)25(20-11-7-4-8-12-20)24(21)19-9-5-3-6-10-19/h3-15,21-22,26-27H,16H2,1-2H3. The highest BCUT2D eigenvalue weighted by molar-refractivity contribution is 6.25. The molecule has 4 unspecified atom stereocenters. The van der Waals surface area contributed by atoms with Crippen LogP contribution in [0.25, 0.3) is 11.1 Å². The number of hydrogen-bond donors (Lipinski definition) is 0. The van der Waals surface area contributed by atoms with Crippen LogP contribution in [0.1, 0.15) is 28.7 Å². The maximum Gasteiger partial charge on any atom is 0.238 e. The Kier molecular flexibility index (Phi) is 4.23. The summed E-state index contributed by atoms with van der Waals surface area (Å²) in [5.41, 5.74) is 7.69. The predicted octanol–water partition coefficient (Wildman–Crippen LogP) is 5.67. The first-order chi connectivity index (χ1) is 15.6. The van der Waals surface area contributed by atoms with Crippen LogP contribution < -0.4 is 4.90 Å². The minimum Gasteiger partial charge on any atom is -0.274 e. The largest absolute Gasteiger partial charge is 0.274 e. The van der Waals surface area contributed by atoms with E-state index >= 15 is 0 Å². The number of rotatable bonds is 3. The fraction of sp³-hybridized carbons (Fsp3) is 0.241. The molecule has 3 nitrogen and oxygen atoms in total. The van der Waals surface area contributed by atoms with Crippen molar-refractivity contribution in [3.63, 3.8) is 0 Å². The lowest BCUT2D eigenvalue weighted by Crippen LogP contribution is -2.33. The second kappa shape index (κ2) is 7.03. The molecule has 0 aromatic heterocycles. The van der Waals surface area contributed by atoms with Crippen molar-refractivity contribution in [3.8, 4) is 0 Å². The van der Waals surface area contributed by atoms with Crippen LogP contribution in [0.3, 0.4) is 0 Å². The number of nitrogens with zero attached hydrogens (tertiary/aromatic N) is 1. The number of aryl methyl sites for hydroxylation is 2. The highest BCUT2D eigenvalue weighted by Gasteiger charge is 2.64. The van der Waals surface area contributed by atoms with E-state index in [0.29, 0.717) is 0 Å². The molecule has 3 aliphatic rings. The van der Waals surface area contributed by atoms with Gasteiger partial charge in [0.25, 0.3) is 0 Å². The Balaban J connectivity index is 1.49. The summed E-state index contributed by atoms with van der Waals surface area (Å²) in [5, 5.41) is 0. The molecule has 2 bridgehead atoms. The summed E-state index contributed by atoms with van der Waals surface area (Å²) in [6, 6.07) is 26.8. The highest BCUT2D eigenvalue weighted by Crippen LogP contribution is 2.64. The molecule has 0 N–H and O–H groups in total. The van der Waals surface area contributed by atoms with Crippen molar-refractivity contribution in [1.29, 1.82) is 0 Å². The van der Waals surface area contributed by atoms with Gasteiger partial charge in [0.15, 0.2) is 0 Å². The molecular weight excluding hydrogens is 394 g/mol. The van der Waals surface area contributed by atoms with Crippen molar-refractivity contribution >= 4 is 28.6 Å². The summed E-state index contributed by atoms with van der Waals surface area (Å²) in [5.74, 6) is -0.434. The summed E-state index contributed by atoms with van der Waals surface area (Å²) in [7, 11) is 0. The average molecular weight is 420 g/mol. The van der Waals surface area contributed by atoms with Crippen LogP contribution in [0.4, 0.5) is 5.69 Å². The van der Waals surface area contributed by atoms with Crippen molar-refractivity contribution in [1.82, 2.24) is 0 Å². The van der Waals surface area contributed by atoms with Crippen LogP contribution in [-0.4, -0.2) is 11.8 Å². The van der Waals surface area contributed by atoms with Crippen LogP contribution in [0.2, 0.25) is 0 Å². The number of imide groups is 1. The van der Waals surface area contributed by atoms with Gasteiger partial charge in [0.1, 0.15) is 0 Å². The van der Waals surface area contributed by atoms with Crippen LogP contribution in [0, 0.1) is 37.5 Å². The van der Waals surface area contributed by atoms with Gasteiger partial charge in [-0.1, -0.05) is 78.4 Å². The molecule has 1 aliphatic heterocycles. The van der Waals surface area contributed by atoms with Crippen LogP contribution in [0.5, 0.6) is 0 Å².